The van der Waals surface area contributed by atoms with Crippen molar-refractivity contribution in [2.24, 2.45) is 11.8 Å². The highest BCUT2D eigenvalue weighted by Crippen LogP contribution is 2.41. The van der Waals surface area contributed by atoms with Gasteiger partial charge < -0.3 is 4.90 Å². The third-order valence-electron chi connectivity index (χ3n) is 5.36. The second kappa shape index (κ2) is 6.76. The van der Waals surface area contributed by atoms with Crippen molar-refractivity contribution in [3.63, 3.8) is 0 Å². The van der Waals surface area contributed by atoms with Crippen LogP contribution in [0.3, 0.4) is 0 Å². The standard InChI is InChI=1S/C17H24F3N3O/c1-11-8-15(22-21-11)13-5-3-7-23(10-13)16(24)12-4-2-6-14(9-12)17(18,19)20/h8,12-14H,2-7,9-10H2,1H3,(H,21,22)/t12-,13-,14-/m1/s1. The van der Waals surface area contributed by atoms with Crippen molar-refractivity contribution >= 4 is 5.91 Å². The van der Waals surface area contributed by atoms with Crippen molar-refractivity contribution in [3.05, 3.63) is 17.5 Å². The van der Waals surface area contributed by atoms with Gasteiger partial charge in [-0.25, -0.2) is 0 Å². The highest BCUT2D eigenvalue weighted by Gasteiger charge is 2.44. The Morgan fingerprint density at radius 1 is 1.29 bits per heavy atom. The van der Waals surface area contributed by atoms with Crippen molar-refractivity contribution in [1.82, 2.24) is 15.1 Å². The molecule has 1 aliphatic carbocycles. The van der Waals surface area contributed by atoms with E-state index < -0.39 is 18.0 Å². The molecule has 2 heterocycles. The number of hydrogen-bond donors (Lipinski definition) is 1. The van der Waals surface area contributed by atoms with E-state index in [0.29, 0.717) is 25.9 Å². The molecule has 0 unspecified atom stereocenters. The first-order valence-electron chi connectivity index (χ1n) is 8.72. The summed E-state index contributed by atoms with van der Waals surface area (Å²) < 4.78 is 38.9. The van der Waals surface area contributed by atoms with Crippen LogP contribution in [0.1, 0.15) is 55.8 Å². The number of hydrogen-bond acceptors (Lipinski definition) is 2. The number of aromatic amines is 1. The van der Waals surface area contributed by atoms with Crippen molar-refractivity contribution in [2.45, 2.75) is 57.5 Å². The highest BCUT2D eigenvalue weighted by atomic mass is 19.4. The average Bonchev–Trinajstić information content (AvgIpc) is 3.00. The van der Waals surface area contributed by atoms with Crippen LogP contribution in [0, 0.1) is 18.8 Å². The number of carbonyl (C=O) groups excluding carboxylic acids is 1. The lowest BCUT2D eigenvalue weighted by atomic mass is 9.80. The monoisotopic (exact) mass is 343 g/mol. The molecular formula is C17H24F3N3O. The summed E-state index contributed by atoms with van der Waals surface area (Å²) in [5.74, 6) is -1.73. The van der Waals surface area contributed by atoms with E-state index in [4.69, 9.17) is 0 Å². The molecule has 1 saturated heterocycles. The van der Waals surface area contributed by atoms with Crippen LogP contribution in [0.15, 0.2) is 6.07 Å². The molecule has 4 nitrogen and oxygen atoms in total. The van der Waals surface area contributed by atoms with E-state index in [2.05, 4.69) is 10.2 Å². The van der Waals surface area contributed by atoms with E-state index in [1.54, 1.807) is 4.90 Å². The summed E-state index contributed by atoms with van der Waals surface area (Å²) in [4.78, 5) is 14.5. The van der Waals surface area contributed by atoms with Crippen LogP contribution in [0.2, 0.25) is 0 Å². The molecule has 1 amide bonds. The number of amides is 1. The van der Waals surface area contributed by atoms with Gasteiger partial charge in [-0.1, -0.05) is 6.42 Å². The van der Waals surface area contributed by atoms with Gasteiger partial charge in [-0.3, -0.25) is 9.89 Å². The number of halogens is 3. The van der Waals surface area contributed by atoms with Gasteiger partial charge in [-0.05, 0) is 45.1 Å². The third-order valence-corrected chi connectivity index (χ3v) is 5.36. The first kappa shape index (κ1) is 17.3. The summed E-state index contributed by atoms with van der Waals surface area (Å²) in [7, 11) is 0. The first-order chi connectivity index (χ1) is 11.3. The molecule has 1 saturated carbocycles. The van der Waals surface area contributed by atoms with Crippen molar-refractivity contribution in [2.75, 3.05) is 13.1 Å². The van der Waals surface area contributed by atoms with E-state index >= 15 is 0 Å². The maximum Gasteiger partial charge on any atom is 0.391 e. The Morgan fingerprint density at radius 2 is 2.08 bits per heavy atom. The molecule has 0 aromatic carbocycles. The van der Waals surface area contributed by atoms with Crippen molar-refractivity contribution in [1.29, 1.82) is 0 Å². The second-order valence-corrected chi connectivity index (χ2v) is 7.20. The molecule has 0 radical (unpaired) electrons. The van der Waals surface area contributed by atoms with Crippen LogP contribution in [-0.2, 0) is 4.79 Å². The van der Waals surface area contributed by atoms with Gasteiger partial charge in [0.1, 0.15) is 0 Å². The molecule has 0 bridgehead atoms. The Balaban J connectivity index is 1.64. The van der Waals surface area contributed by atoms with Crippen LogP contribution in [-0.4, -0.2) is 40.3 Å². The lowest BCUT2D eigenvalue weighted by Crippen LogP contribution is -2.44. The van der Waals surface area contributed by atoms with Crippen molar-refractivity contribution < 1.29 is 18.0 Å². The van der Waals surface area contributed by atoms with Crippen LogP contribution in [0.5, 0.6) is 0 Å². The number of aromatic nitrogens is 2. The lowest BCUT2D eigenvalue weighted by molar-refractivity contribution is -0.187. The molecule has 3 rings (SSSR count). The van der Waals surface area contributed by atoms with Gasteiger partial charge >= 0.3 is 6.18 Å². The predicted octanol–water partition coefficient (Wildman–Crippen LogP) is 3.79. The summed E-state index contributed by atoms with van der Waals surface area (Å²) >= 11 is 0. The Kier molecular flexibility index (Phi) is 4.88. The van der Waals surface area contributed by atoms with Crippen LogP contribution in [0.4, 0.5) is 13.2 Å². The minimum absolute atomic E-state index is 0.0506. The highest BCUT2D eigenvalue weighted by molar-refractivity contribution is 5.79. The topological polar surface area (TPSA) is 49.0 Å². The fourth-order valence-electron chi connectivity index (χ4n) is 4.04. The number of alkyl halides is 3. The fraction of sp³-hybridized carbons (Fsp3) is 0.765. The van der Waals surface area contributed by atoms with E-state index in [-0.39, 0.29) is 24.7 Å². The number of aryl methyl sites for hydroxylation is 1. The summed E-state index contributed by atoms with van der Waals surface area (Å²) in [6.07, 6.45) is -1.18. The normalized spacial score (nSPS) is 28.8. The zero-order valence-electron chi connectivity index (χ0n) is 13.9. The molecule has 2 fully saturated rings. The molecular weight excluding hydrogens is 319 g/mol. The SMILES string of the molecule is Cc1cc([C@@H]2CCCN(C(=O)[C@@H]3CCC[C@@H](C(F)(F)F)C3)C2)n[nH]1. The number of nitrogens with one attached hydrogen (secondary N) is 1. The Bertz CT molecular complexity index is 584. The van der Waals surface area contributed by atoms with E-state index in [1.165, 1.54) is 0 Å². The van der Waals surface area contributed by atoms with Gasteiger partial charge in [-0.2, -0.15) is 18.3 Å². The molecule has 1 aromatic rings. The zero-order chi connectivity index (χ0) is 17.3. The van der Waals surface area contributed by atoms with Gasteiger partial charge in [-0.15, -0.1) is 0 Å². The Labute approximate surface area is 139 Å². The molecule has 24 heavy (non-hydrogen) atoms. The maximum absolute atomic E-state index is 13.0. The molecule has 0 spiro atoms. The lowest BCUT2D eigenvalue weighted by Gasteiger charge is -2.37. The summed E-state index contributed by atoms with van der Waals surface area (Å²) in [5, 5.41) is 7.20. The molecule has 3 atom stereocenters. The number of piperidine rings is 1. The van der Waals surface area contributed by atoms with Gasteiger partial charge in [0.25, 0.3) is 0 Å². The molecule has 1 aromatic heterocycles. The predicted molar refractivity (Wildman–Crippen MR) is 83.4 cm³/mol. The maximum atomic E-state index is 13.0. The minimum atomic E-state index is -4.18. The fourth-order valence-corrected chi connectivity index (χ4v) is 4.04. The van der Waals surface area contributed by atoms with Crippen LogP contribution in [0.25, 0.3) is 0 Å². The van der Waals surface area contributed by atoms with Crippen LogP contribution >= 0.6 is 0 Å². The Hall–Kier alpha value is -1.53. The smallest absolute Gasteiger partial charge is 0.342 e. The largest absolute Gasteiger partial charge is 0.391 e. The van der Waals surface area contributed by atoms with Gasteiger partial charge in [0.2, 0.25) is 5.91 Å². The van der Waals surface area contributed by atoms with Gasteiger partial charge in [0.05, 0.1) is 11.6 Å². The van der Waals surface area contributed by atoms with Gasteiger partial charge in [0, 0.05) is 30.6 Å². The third kappa shape index (κ3) is 3.75. The van der Waals surface area contributed by atoms with E-state index in [0.717, 1.165) is 24.2 Å². The minimum Gasteiger partial charge on any atom is -0.342 e. The summed E-state index contributed by atoms with van der Waals surface area (Å²) in [6, 6.07) is 1.99. The average molecular weight is 343 g/mol. The van der Waals surface area contributed by atoms with E-state index in [1.807, 2.05) is 13.0 Å². The molecule has 134 valence electrons. The molecule has 7 heteroatoms. The molecule has 1 N–H and O–H groups in total. The number of likely N-dealkylation sites (tertiary alicyclic amines) is 1. The zero-order valence-corrected chi connectivity index (χ0v) is 13.9. The second-order valence-electron chi connectivity index (χ2n) is 7.20. The molecule has 1 aliphatic heterocycles. The quantitative estimate of drug-likeness (QED) is 0.888. The van der Waals surface area contributed by atoms with Gasteiger partial charge in [0.15, 0.2) is 0 Å². The number of H-pyrrole nitrogens is 1. The number of rotatable bonds is 2. The first-order valence-corrected chi connectivity index (χ1v) is 8.72. The van der Waals surface area contributed by atoms with Crippen LogP contribution < -0.4 is 0 Å². The number of carbonyl (C=O) groups is 1. The number of nitrogens with zero attached hydrogens (tertiary/aromatic N) is 2. The summed E-state index contributed by atoms with van der Waals surface area (Å²) in [6.45, 7) is 3.14. The van der Waals surface area contributed by atoms with E-state index in [9.17, 15) is 18.0 Å². The van der Waals surface area contributed by atoms with Crippen molar-refractivity contribution in [3.8, 4) is 0 Å². The Morgan fingerprint density at radius 3 is 2.75 bits per heavy atom. The molecule has 2 aliphatic rings. The summed E-state index contributed by atoms with van der Waals surface area (Å²) in [5.41, 5.74) is 1.93.